The van der Waals surface area contributed by atoms with Gasteiger partial charge in [-0.3, -0.25) is 4.98 Å². The van der Waals surface area contributed by atoms with Crippen LogP contribution in [0.5, 0.6) is 5.88 Å². The van der Waals surface area contributed by atoms with Gasteiger partial charge < -0.3 is 15.0 Å². The van der Waals surface area contributed by atoms with Crippen molar-refractivity contribution in [3.63, 3.8) is 0 Å². The van der Waals surface area contributed by atoms with Crippen molar-refractivity contribution >= 4 is 18.2 Å². The van der Waals surface area contributed by atoms with Crippen LogP contribution in [0.25, 0.3) is 0 Å². The van der Waals surface area contributed by atoms with E-state index in [1.165, 1.54) is 0 Å². The van der Waals surface area contributed by atoms with Crippen molar-refractivity contribution in [3.8, 4) is 5.88 Å². The van der Waals surface area contributed by atoms with Crippen molar-refractivity contribution in [1.82, 2.24) is 15.3 Å². The second-order valence-electron chi connectivity index (χ2n) is 4.39. The molecule has 0 saturated heterocycles. The summed E-state index contributed by atoms with van der Waals surface area (Å²) in [5.74, 6) is 1.56. The molecule has 1 aromatic heterocycles. The molecular weight excluding hydrogens is 252 g/mol. The van der Waals surface area contributed by atoms with E-state index in [0.29, 0.717) is 18.5 Å². The predicted octanol–water partition coefficient (Wildman–Crippen LogP) is 1.62. The second-order valence-corrected chi connectivity index (χ2v) is 4.39. The van der Waals surface area contributed by atoms with Crippen LogP contribution in [-0.2, 0) is 6.54 Å². The summed E-state index contributed by atoms with van der Waals surface area (Å²) >= 11 is 0. The van der Waals surface area contributed by atoms with Crippen molar-refractivity contribution in [2.75, 3.05) is 24.6 Å². The molecule has 0 aromatic carbocycles. The molecule has 0 spiro atoms. The largest absolute Gasteiger partial charge is 0.475 e. The quantitative estimate of drug-likeness (QED) is 0.906. The van der Waals surface area contributed by atoms with Crippen LogP contribution in [0.15, 0.2) is 6.20 Å². The molecule has 18 heavy (non-hydrogen) atoms. The van der Waals surface area contributed by atoms with E-state index >= 15 is 0 Å². The third-order valence-corrected chi connectivity index (χ3v) is 2.87. The zero-order chi connectivity index (χ0) is 12.3. The molecule has 1 aliphatic rings. The molecule has 0 radical (unpaired) electrons. The Morgan fingerprint density at radius 3 is 2.94 bits per heavy atom. The first-order chi connectivity index (χ1) is 8.22. The van der Waals surface area contributed by atoms with E-state index < -0.39 is 0 Å². The maximum absolute atomic E-state index is 5.60. The average Bonchev–Trinajstić information content (AvgIpc) is 2.54. The minimum absolute atomic E-state index is 0. The number of rotatable bonds is 3. The molecule has 2 rings (SSSR count). The summed E-state index contributed by atoms with van der Waals surface area (Å²) in [5, 5.41) is 3.25. The summed E-state index contributed by atoms with van der Waals surface area (Å²) in [5.41, 5.74) is 0.894. The number of aromatic nitrogens is 2. The van der Waals surface area contributed by atoms with E-state index in [4.69, 9.17) is 4.74 Å². The van der Waals surface area contributed by atoms with E-state index in [9.17, 15) is 0 Å². The van der Waals surface area contributed by atoms with E-state index in [-0.39, 0.29) is 12.4 Å². The first kappa shape index (κ1) is 15.0. The molecule has 6 heteroatoms. The molecule has 1 aliphatic heterocycles. The van der Waals surface area contributed by atoms with E-state index in [1.54, 1.807) is 0 Å². The number of nitrogens with zero attached hydrogens (tertiary/aromatic N) is 3. The molecule has 0 aliphatic carbocycles. The van der Waals surface area contributed by atoms with Gasteiger partial charge >= 0.3 is 0 Å². The van der Waals surface area contributed by atoms with Crippen molar-refractivity contribution in [2.24, 2.45) is 0 Å². The number of hydrogen-bond acceptors (Lipinski definition) is 5. The van der Waals surface area contributed by atoms with Gasteiger partial charge in [-0.2, -0.15) is 4.98 Å². The minimum atomic E-state index is 0. The minimum Gasteiger partial charge on any atom is -0.475 e. The van der Waals surface area contributed by atoms with Crippen LogP contribution in [0.3, 0.4) is 0 Å². The highest BCUT2D eigenvalue weighted by Crippen LogP contribution is 2.21. The van der Waals surface area contributed by atoms with Crippen LogP contribution < -0.4 is 15.0 Å². The molecule has 1 aromatic rings. The fraction of sp³-hybridized carbons (Fsp3) is 0.667. The van der Waals surface area contributed by atoms with Gasteiger partial charge in [0, 0.05) is 25.7 Å². The van der Waals surface area contributed by atoms with Gasteiger partial charge in [-0.25, -0.2) is 0 Å². The molecule has 2 heterocycles. The van der Waals surface area contributed by atoms with Crippen LogP contribution in [0.2, 0.25) is 0 Å². The van der Waals surface area contributed by atoms with Crippen molar-refractivity contribution in [2.45, 2.75) is 33.4 Å². The van der Waals surface area contributed by atoms with E-state index in [2.05, 4.69) is 41.0 Å². The summed E-state index contributed by atoms with van der Waals surface area (Å²) in [6.45, 7) is 9.57. The first-order valence-corrected chi connectivity index (χ1v) is 6.18. The zero-order valence-corrected chi connectivity index (χ0v) is 12.0. The molecule has 0 bridgehead atoms. The van der Waals surface area contributed by atoms with Gasteiger partial charge in [0.1, 0.15) is 12.3 Å². The molecule has 0 saturated carbocycles. The highest BCUT2D eigenvalue weighted by Gasteiger charge is 2.16. The second kappa shape index (κ2) is 6.75. The van der Waals surface area contributed by atoms with E-state index in [0.717, 1.165) is 31.1 Å². The van der Waals surface area contributed by atoms with Gasteiger partial charge in [-0.1, -0.05) is 0 Å². The number of halogens is 1. The average molecular weight is 273 g/mol. The summed E-state index contributed by atoms with van der Waals surface area (Å²) in [6, 6.07) is 0.413. The Kier molecular flexibility index (Phi) is 5.62. The van der Waals surface area contributed by atoms with Gasteiger partial charge in [-0.15, -0.1) is 12.4 Å². The Balaban J connectivity index is 0.00000162. The van der Waals surface area contributed by atoms with Gasteiger partial charge in [0.2, 0.25) is 5.88 Å². The predicted molar refractivity (Wildman–Crippen MR) is 74.6 cm³/mol. The van der Waals surface area contributed by atoms with Crippen LogP contribution in [0.1, 0.15) is 26.5 Å². The molecule has 0 atom stereocenters. The first-order valence-electron chi connectivity index (χ1n) is 6.18. The lowest BCUT2D eigenvalue weighted by Crippen LogP contribution is -2.31. The fourth-order valence-corrected chi connectivity index (χ4v) is 1.98. The van der Waals surface area contributed by atoms with Crippen LogP contribution in [-0.4, -0.2) is 35.7 Å². The molecule has 0 fully saturated rings. The van der Waals surface area contributed by atoms with Crippen LogP contribution in [0.4, 0.5) is 5.82 Å². The number of nitrogens with one attached hydrogen (secondary N) is 1. The van der Waals surface area contributed by atoms with Gasteiger partial charge in [0.25, 0.3) is 0 Å². The zero-order valence-electron chi connectivity index (χ0n) is 11.1. The third kappa shape index (κ3) is 3.23. The maximum atomic E-state index is 5.60. The number of anilines is 1. The Labute approximate surface area is 114 Å². The molecule has 5 nitrogen and oxygen atoms in total. The van der Waals surface area contributed by atoms with Crippen LogP contribution >= 0.6 is 12.4 Å². The van der Waals surface area contributed by atoms with Crippen molar-refractivity contribution in [3.05, 3.63) is 11.9 Å². The Hall–Kier alpha value is -1.07. The summed E-state index contributed by atoms with van der Waals surface area (Å²) < 4.78 is 5.60. The standard InChI is InChI=1S/C12H20N4O.ClH/c1-4-16(9(2)3)11-8-14-10-7-13-5-6-17-12(10)15-11;/h8-9,13H,4-7H2,1-3H3;1H. The summed E-state index contributed by atoms with van der Waals surface area (Å²) in [6.07, 6.45) is 1.83. The molecule has 0 amide bonds. The molecule has 102 valence electrons. The maximum Gasteiger partial charge on any atom is 0.239 e. The SMILES string of the molecule is CCN(c1cnc2c(n1)OCCNC2)C(C)C.Cl. The van der Waals surface area contributed by atoms with Gasteiger partial charge in [0.05, 0.1) is 6.20 Å². The highest BCUT2D eigenvalue weighted by molar-refractivity contribution is 5.85. The number of fused-ring (bicyclic) bond motifs is 1. The van der Waals surface area contributed by atoms with Crippen molar-refractivity contribution in [1.29, 1.82) is 0 Å². The Bertz CT molecular complexity index is 386. The van der Waals surface area contributed by atoms with Gasteiger partial charge in [-0.05, 0) is 20.8 Å². The fourth-order valence-electron chi connectivity index (χ4n) is 1.98. The van der Waals surface area contributed by atoms with E-state index in [1.807, 2.05) is 6.20 Å². The lowest BCUT2D eigenvalue weighted by Gasteiger charge is -2.26. The van der Waals surface area contributed by atoms with Gasteiger partial charge in [0.15, 0.2) is 5.82 Å². The Morgan fingerprint density at radius 1 is 1.50 bits per heavy atom. The highest BCUT2D eigenvalue weighted by atomic mass is 35.5. The normalized spacial score (nSPS) is 14.2. The summed E-state index contributed by atoms with van der Waals surface area (Å²) in [7, 11) is 0. The molecule has 0 unspecified atom stereocenters. The number of hydrogen-bond donors (Lipinski definition) is 1. The lowest BCUT2D eigenvalue weighted by molar-refractivity contribution is 0.313. The lowest BCUT2D eigenvalue weighted by atomic mass is 10.3. The third-order valence-electron chi connectivity index (χ3n) is 2.87. The number of ether oxygens (including phenoxy) is 1. The Morgan fingerprint density at radius 2 is 2.28 bits per heavy atom. The molecule has 1 N–H and O–H groups in total. The smallest absolute Gasteiger partial charge is 0.239 e. The monoisotopic (exact) mass is 272 g/mol. The summed E-state index contributed by atoms with van der Waals surface area (Å²) in [4.78, 5) is 11.2. The van der Waals surface area contributed by atoms with Crippen molar-refractivity contribution < 1.29 is 4.74 Å². The topological polar surface area (TPSA) is 50.3 Å². The molecular formula is C12H21ClN4O. The van der Waals surface area contributed by atoms with Crippen LogP contribution in [0, 0.1) is 0 Å².